The Kier molecular flexibility index (Phi) is 7.60. The molecule has 1 aromatic rings. The van der Waals surface area contributed by atoms with Crippen molar-refractivity contribution in [2.24, 2.45) is 5.92 Å². The number of hydrogen-bond acceptors (Lipinski definition) is 4. The molecule has 0 aliphatic carbocycles. The molecule has 0 bridgehead atoms. The van der Waals surface area contributed by atoms with Crippen molar-refractivity contribution in [3.05, 3.63) is 29.8 Å². The number of alkyl carbamates (subject to hydrolysis) is 1. The zero-order chi connectivity index (χ0) is 19.2. The van der Waals surface area contributed by atoms with Crippen LogP contribution in [-0.4, -0.2) is 27.9 Å². The van der Waals surface area contributed by atoms with Crippen molar-refractivity contribution in [3.63, 3.8) is 0 Å². The smallest absolute Gasteiger partial charge is 0.408 e. The quantitative estimate of drug-likeness (QED) is 0.808. The van der Waals surface area contributed by atoms with Gasteiger partial charge in [0.1, 0.15) is 11.6 Å². The molecule has 1 aromatic carbocycles. The van der Waals surface area contributed by atoms with Gasteiger partial charge in [0.05, 0.1) is 4.90 Å². The summed E-state index contributed by atoms with van der Waals surface area (Å²) in [6.45, 7) is 11.0. The predicted molar refractivity (Wildman–Crippen MR) is 98.3 cm³/mol. The van der Waals surface area contributed by atoms with Gasteiger partial charge in [-0.2, -0.15) is 0 Å². The number of carbonyl (C=O) groups excluding carboxylic acids is 2. The van der Waals surface area contributed by atoms with Gasteiger partial charge in [0.25, 0.3) is 5.91 Å². The second-order valence-corrected chi connectivity index (χ2v) is 8.59. The van der Waals surface area contributed by atoms with Crippen LogP contribution in [0.15, 0.2) is 29.2 Å². The first-order valence-corrected chi connectivity index (χ1v) is 9.41. The van der Waals surface area contributed by atoms with Gasteiger partial charge in [-0.05, 0) is 52.2 Å². The fourth-order valence-electron chi connectivity index (χ4n) is 2.04. The highest BCUT2D eigenvalue weighted by Crippen LogP contribution is 2.11. The number of ether oxygens (including phenoxy) is 1. The van der Waals surface area contributed by atoms with E-state index in [0.29, 0.717) is 11.3 Å². The maximum Gasteiger partial charge on any atom is 0.408 e. The van der Waals surface area contributed by atoms with Gasteiger partial charge in [-0.1, -0.05) is 31.5 Å². The SMILES string of the molecule is Cc1ccc(S(=O)NC(=O)[C@H](CC(C)C)NC(=O)OC(C)(C)C)cc1. The van der Waals surface area contributed by atoms with E-state index in [1.54, 1.807) is 32.9 Å². The summed E-state index contributed by atoms with van der Waals surface area (Å²) in [4.78, 5) is 24.9. The Morgan fingerprint density at radius 1 is 1.16 bits per heavy atom. The molecule has 140 valence electrons. The first-order chi connectivity index (χ1) is 11.5. The number of benzene rings is 1. The van der Waals surface area contributed by atoms with Gasteiger partial charge in [0, 0.05) is 0 Å². The van der Waals surface area contributed by atoms with Crippen LogP contribution < -0.4 is 10.0 Å². The molecule has 0 saturated heterocycles. The van der Waals surface area contributed by atoms with Gasteiger partial charge in [-0.15, -0.1) is 0 Å². The lowest BCUT2D eigenvalue weighted by atomic mass is 10.0. The highest BCUT2D eigenvalue weighted by atomic mass is 32.2. The van der Waals surface area contributed by atoms with E-state index in [1.807, 2.05) is 32.9 Å². The van der Waals surface area contributed by atoms with Crippen LogP contribution in [0.2, 0.25) is 0 Å². The molecular weight excluding hydrogens is 340 g/mol. The molecule has 0 aliphatic heterocycles. The molecule has 1 rings (SSSR count). The summed E-state index contributed by atoms with van der Waals surface area (Å²) in [6.07, 6.45) is -0.259. The van der Waals surface area contributed by atoms with Gasteiger partial charge in [-0.25, -0.2) is 9.00 Å². The van der Waals surface area contributed by atoms with E-state index in [0.717, 1.165) is 5.56 Å². The molecule has 2 atom stereocenters. The summed E-state index contributed by atoms with van der Waals surface area (Å²) in [5.41, 5.74) is 0.379. The largest absolute Gasteiger partial charge is 0.444 e. The van der Waals surface area contributed by atoms with E-state index in [-0.39, 0.29) is 5.92 Å². The molecule has 6 nitrogen and oxygen atoms in total. The molecule has 2 N–H and O–H groups in total. The van der Waals surface area contributed by atoms with Crippen molar-refractivity contribution in [1.29, 1.82) is 0 Å². The molecule has 0 fully saturated rings. The van der Waals surface area contributed by atoms with E-state index in [2.05, 4.69) is 10.0 Å². The predicted octanol–water partition coefficient (Wildman–Crippen LogP) is 3.07. The van der Waals surface area contributed by atoms with Crippen molar-refractivity contribution in [1.82, 2.24) is 10.0 Å². The van der Waals surface area contributed by atoms with Gasteiger partial charge in [-0.3, -0.25) is 9.52 Å². The summed E-state index contributed by atoms with van der Waals surface area (Å²) in [6, 6.07) is 6.23. The lowest BCUT2D eigenvalue weighted by Gasteiger charge is -2.24. The first-order valence-electron chi connectivity index (χ1n) is 8.26. The third-order valence-corrected chi connectivity index (χ3v) is 4.23. The molecule has 7 heteroatoms. The van der Waals surface area contributed by atoms with Crippen molar-refractivity contribution in [2.45, 2.75) is 64.5 Å². The maximum atomic E-state index is 12.5. The molecule has 2 amide bonds. The average Bonchev–Trinajstić information content (AvgIpc) is 2.44. The number of amides is 2. The molecule has 0 spiro atoms. The van der Waals surface area contributed by atoms with E-state index in [9.17, 15) is 13.8 Å². The number of rotatable bonds is 6. The summed E-state index contributed by atoms with van der Waals surface area (Å²) in [7, 11) is -1.68. The third kappa shape index (κ3) is 8.16. The second-order valence-electron chi connectivity index (χ2n) is 7.38. The zero-order valence-corrected chi connectivity index (χ0v) is 16.5. The Hall–Kier alpha value is -1.89. The summed E-state index contributed by atoms with van der Waals surface area (Å²) in [5, 5.41) is 2.56. The van der Waals surface area contributed by atoms with Crippen LogP contribution in [-0.2, 0) is 20.5 Å². The van der Waals surface area contributed by atoms with Crippen LogP contribution in [0.5, 0.6) is 0 Å². The normalized spacial score (nSPS) is 13.9. The van der Waals surface area contributed by atoms with Crippen LogP contribution in [0, 0.1) is 12.8 Å². The van der Waals surface area contributed by atoms with Crippen LogP contribution in [0.3, 0.4) is 0 Å². The maximum absolute atomic E-state index is 12.5. The van der Waals surface area contributed by atoms with Crippen molar-refractivity contribution in [2.75, 3.05) is 0 Å². The van der Waals surface area contributed by atoms with Gasteiger partial charge < -0.3 is 10.1 Å². The zero-order valence-electron chi connectivity index (χ0n) is 15.7. The van der Waals surface area contributed by atoms with E-state index >= 15 is 0 Å². The average molecular weight is 368 g/mol. The van der Waals surface area contributed by atoms with Crippen molar-refractivity contribution < 1.29 is 18.5 Å². The molecule has 0 heterocycles. The Bertz CT molecular complexity index is 621. The third-order valence-electron chi connectivity index (χ3n) is 3.14. The van der Waals surface area contributed by atoms with E-state index in [4.69, 9.17) is 4.74 Å². The standard InChI is InChI=1S/C18H28N2O4S/c1-12(2)11-15(19-17(22)24-18(4,5)6)16(21)20-25(23)14-9-7-13(3)8-10-14/h7-10,12,15H,11H2,1-6H3,(H,19,22)(H,20,21)/t15-,25?/m0/s1. The minimum atomic E-state index is -1.68. The summed E-state index contributed by atoms with van der Waals surface area (Å²) in [5.74, 6) is -0.336. The van der Waals surface area contributed by atoms with E-state index < -0.39 is 34.6 Å². The summed E-state index contributed by atoms with van der Waals surface area (Å²) >= 11 is 0. The van der Waals surface area contributed by atoms with Gasteiger partial charge in [0.2, 0.25) is 0 Å². The molecule has 25 heavy (non-hydrogen) atoms. The number of aryl methyl sites for hydroxylation is 1. The molecule has 1 unspecified atom stereocenters. The lowest BCUT2D eigenvalue weighted by molar-refractivity contribution is -0.121. The monoisotopic (exact) mass is 368 g/mol. The Morgan fingerprint density at radius 2 is 1.72 bits per heavy atom. The van der Waals surface area contributed by atoms with E-state index in [1.165, 1.54) is 0 Å². The van der Waals surface area contributed by atoms with Crippen LogP contribution in [0.1, 0.15) is 46.6 Å². The molecular formula is C18H28N2O4S. The highest BCUT2D eigenvalue weighted by Gasteiger charge is 2.26. The number of hydrogen-bond donors (Lipinski definition) is 2. The number of carbonyl (C=O) groups is 2. The van der Waals surface area contributed by atoms with Crippen molar-refractivity contribution in [3.8, 4) is 0 Å². The highest BCUT2D eigenvalue weighted by molar-refractivity contribution is 7.83. The second kappa shape index (κ2) is 8.99. The molecule has 0 aromatic heterocycles. The Morgan fingerprint density at radius 3 is 2.20 bits per heavy atom. The Labute approximate surface area is 152 Å². The fraction of sp³-hybridized carbons (Fsp3) is 0.556. The molecule has 0 saturated carbocycles. The Balaban J connectivity index is 2.77. The fourth-order valence-corrected chi connectivity index (χ4v) is 2.86. The molecule has 0 aliphatic rings. The topological polar surface area (TPSA) is 84.5 Å². The van der Waals surface area contributed by atoms with Crippen molar-refractivity contribution >= 4 is 23.0 Å². The minimum Gasteiger partial charge on any atom is -0.444 e. The van der Waals surface area contributed by atoms with Crippen LogP contribution in [0.25, 0.3) is 0 Å². The number of nitrogens with one attached hydrogen (secondary N) is 2. The minimum absolute atomic E-state index is 0.165. The van der Waals surface area contributed by atoms with Crippen LogP contribution in [0.4, 0.5) is 4.79 Å². The summed E-state index contributed by atoms with van der Waals surface area (Å²) < 4.78 is 20.0. The van der Waals surface area contributed by atoms with Gasteiger partial charge >= 0.3 is 6.09 Å². The van der Waals surface area contributed by atoms with Gasteiger partial charge in [0.15, 0.2) is 11.0 Å². The lowest BCUT2D eigenvalue weighted by Crippen LogP contribution is -2.49. The molecule has 0 radical (unpaired) electrons. The van der Waals surface area contributed by atoms with Crippen LogP contribution >= 0.6 is 0 Å². The first kappa shape index (κ1) is 21.2.